The molecule has 0 bridgehead atoms. The molecule has 5 heteroatoms. The number of imidazole rings is 1. The highest BCUT2D eigenvalue weighted by atomic mass is 16.5. The van der Waals surface area contributed by atoms with Crippen LogP contribution in [0.2, 0.25) is 0 Å². The van der Waals surface area contributed by atoms with Crippen LogP contribution in [0.25, 0.3) is 5.69 Å². The average molecular weight is 299 g/mol. The molecule has 1 fully saturated rings. The van der Waals surface area contributed by atoms with Gasteiger partial charge in [-0.25, -0.2) is 4.98 Å². The van der Waals surface area contributed by atoms with E-state index in [1.54, 1.807) is 12.5 Å². The van der Waals surface area contributed by atoms with Gasteiger partial charge in [-0.1, -0.05) is 18.2 Å². The number of hydrogen-bond donors (Lipinski definition) is 1. The number of carbonyl (C=O) groups is 1. The van der Waals surface area contributed by atoms with Crippen LogP contribution >= 0.6 is 0 Å². The van der Waals surface area contributed by atoms with Crippen molar-refractivity contribution in [1.29, 1.82) is 0 Å². The van der Waals surface area contributed by atoms with Crippen LogP contribution in [0, 0.1) is 5.92 Å². The molecule has 2 atom stereocenters. The van der Waals surface area contributed by atoms with Crippen LogP contribution < -0.4 is 5.32 Å². The van der Waals surface area contributed by atoms with Gasteiger partial charge >= 0.3 is 0 Å². The monoisotopic (exact) mass is 299 g/mol. The van der Waals surface area contributed by atoms with Gasteiger partial charge in [0.05, 0.1) is 24.0 Å². The number of hydrogen-bond acceptors (Lipinski definition) is 3. The average Bonchev–Trinajstić information content (AvgIpc) is 3.07. The van der Waals surface area contributed by atoms with Crippen LogP contribution in [0.1, 0.15) is 25.3 Å². The minimum Gasteiger partial charge on any atom is -0.378 e. The zero-order valence-electron chi connectivity index (χ0n) is 12.7. The third-order valence-corrected chi connectivity index (χ3v) is 4.17. The predicted molar refractivity (Wildman–Crippen MR) is 83.5 cm³/mol. The highest BCUT2D eigenvalue weighted by Gasteiger charge is 2.28. The first-order valence-electron chi connectivity index (χ1n) is 7.71. The molecule has 116 valence electrons. The molecule has 1 aliphatic heterocycles. The van der Waals surface area contributed by atoms with E-state index in [9.17, 15) is 4.79 Å². The van der Waals surface area contributed by atoms with Gasteiger partial charge in [-0.2, -0.15) is 0 Å². The van der Waals surface area contributed by atoms with E-state index in [1.165, 1.54) is 0 Å². The molecule has 2 unspecified atom stereocenters. The molecule has 0 radical (unpaired) electrons. The molecule has 2 aromatic rings. The van der Waals surface area contributed by atoms with Crippen molar-refractivity contribution in [2.75, 3.05) is 6.61 Å². The van der Waals surface area contributed by atoms with E-state index in [1.807, 2.05) is 42.0 Å². The van der Waals surface area contributed by atoms with Gasteiger partial charge in [0, 0.05) is 25.5 Å². The number of para-hydroxylation sites is 1. The summed E-state index contributed by atoms with van der Waals surface area (Å²) in [6.45, 7) is 3.24. The number of nitrogens with zero attached hydrogens (tertiary/aromatic N) is 2. The maximum atomic E-state index is 12.4. The number of benzene rings is 1. The Morgan fingerprint density at radius 3 is 3.09 bits per heavy atom. The lowest BCUT2D eigenvalue weighted by molar-refractivity contribution is -0.133. The molecular formula is C17H21N3O2. The van der Waals surface area contributed by atoms with Gasteiger partial charge in [0.25, 0.3) is 0 Å². The second kappa shape index (κ2) is 6.75. The first-order valence-corrected chi connectivity index (χ1v) is 7.71. The standard InChI is InChI=1S/C17H21N3O2/c1-13-15(6-4-10-22-13)17(21)19-11-14-5-2-3-7-16(14)20-9-8-18-12-20/h2-3,5,7-9,12-13,15H,4,6,10-11H2,1H3,(H,19,21). The summed E-state index contributed by atoms with van der Waals surface area (Å²) in [5, 5.41) is 3.05. The van der Waals surface area contributed by atoms with E-state index in [0.29, 0.717) is 6.54 Å². The Morgan fingerprint density at radius 1 is 1.45 bits per heavy atom. The quantitative estimate of drug-likeness (QED) is 0.942. The maximum Gasteiger partial charge on any atom is 0.225 e. The maximum absolute atomic E-state index is 12.4. The minimum atomic E-state index is -0.0471. The Balaban J connectivity index is 1.68. The molecule has 3 rings (SSSR count). The van der Waals surface area contributed by atoms with E-state index in [-0.39, 0.29) is 17.9 Å². The first-order chi connectivity index (χ1) is 10.8. The molecule has 0 aliphatic carbocycles. The van der Waals surface area contributed by atoms with Gasteiger partial charge in [-0.15, -0.1) is 0 Å². The number of nitrogens with one attached hydrogen (secondary N) is 1. The van der Waals surface area contributed by atoms with Gasteiger partial charge in [0.2, 0.25) is 5.91 Å². The second-order valence-electron chi connectivity index (χ2n) is 5.64. The molecule has 1 N–H and O–H groups in total. The Hall–Kier alpha value is -2.14. The van der Waals surface area contributed by atoms with Crippen LogP contribution in [0.15, 0.2) is 43.0 Å². The zero-order valence-corrected chi connectivity index (χ0v) is 12.7. The van der Waals surface area contributed by atoms with Gasteiger partial charge in [0.1, 0.15) is 0 Å². The smallest absolute Gasteiger partial charge is 0.225 e. The lowest BCUT2D eigenvalue weighted by Gasteiger charge is -2.28. The topological polar surface area (TPSA) is 56.1 Å². The van der Waals surface area contributed by atoms with E-state index < -0.39 is 0 Å². The Bertz CT molecular complexity index is 625. The second-order valence-corrected chi connectivity index (χ2v) is 5.64. The van der Waals surface area contributed by atoms with Crippen LogP contribution in [0.3, 0.4) is 0 Å². The predicted octanol–water partition coefficient (Wildman–Crippen LogP) is 2.30. The molecule has 1 aromatic heterocycles. The highest BCUT2D eigenvalue weighted by Crippen LogP contribution is 2.21. The van der Waals surface area contributed by atoms with Gasteiger partial charge < -0.3 is 14.6 Å². The SMILES string of the molecule is CC1OCCCC1C(=O)NCc1ccccc1-n1ccnc1. The normalized spacial score (nSPS) is 21.5. The summed E-state index contributed by atoms with van der Waals surface area (Å²) in [6.07, 6.45) is 7.26. The lowest BCUT2D eigenvalue weighted by atomic mass is 9.94. The molecule has 0 saturated carbocycles. The van der Waals surface area contributed by atoms with Crippen molar-refractivity contribution < 1.29 is 9.53 Å². The van der Waals surface area contributed by atoms with Gasteiger partial charge in [0.15, 0.2) is 0 Å². The molecule has 22 heavy (non-hydrogen) atoms. The number of amides is 1. The van der Waals surface area contributed by atoms with Gasteiger partial charge in [-0.05, 0) is 31.4 Å². The van der Waals surface area contributed by atoms with Crippen molar-refractivity contribution in [3.63, 3.8) is 0 Å². The van der Waals surface area contributed by atoms with Crippen molar-refractivity contribution >= 4 is 5.91 Å². The van der Waals surface area contributed by atoms with Crippen molar-refractivity contribution in [2.45, 2.75) is 32.4 Å². The number of aromatic nitrogens is 2. The Labute approximate surface area is 130 Å². The van der Waals surface area contributed by atoms with E-state index >= 15 is 0 Å². The molecule has 5 nitrogen and oxygen atoms in total. The third-order valence-electron chi connectivity index (χ3n) is 4.17. The lowest BCUT2D eigenvalue weighted by Crippen LogP contribution is -2.40. The number of ether oxygens (including phenoxy) is 1. The van der Waals surface area contributed by atoms with Crippen LogP contribution in [-0.4, -0.2) is 28.2 Å². The molecule has 0 spiro atoms. The first kappa shape index (κ1) is 14.8. The summed E-state index contributed by atoms with van der Waals surface area (Å²) in [6, 6.07) is 8.01. The van der Waals surface area contributed by atoms with E-state index in [0.717, 1.165) is 30.7 Å². The highest BCUT2D eigenvalue weighted by molar-refractivity contribution is 5.79. The molecule has 1 saturated heterocycles. The zero-order chi connectivity index (χ0) is 15.4. The summed E-state index contributed by atoms with van der Waals surface area (Å²) in [5.74, 6) is 0.0294. The van der Waals surface area contributed by atoms with E-state index in [4.69, 9.17) is 4.74 Å². The van der Waals surface area contributed by atoms with Crippen molar-refractivity contribution in [2.24, 2.45) is 5.92 Å². The number of rotatable bonds is 4. The Morgan fingerprint density at radius 2 is 2.32 bits per heavy atom. The summed E-state index contributed by atoms with van der Waals surface area (Å²) in [4.78, 5) is 16.4. The van der Waals surface area contributed by atoms with Crippen molar-refractivity contribution in [3.05, 3.63) is 48.5 Å². The van der Waals surface area contributed by atoms with E-state index in [2.05, 4.69) is 10.3 Å². The number of carbonyl (C=O) groups excluding carboxylic acids is 1. The minimum absolute atomic E-state index is 0.00218. The summed E-state index contributed by atoms with van der Waals surface area (Å²) < 4.78 is 7.53. The van der Waals surface area contributed by atoms with Crippen LogP contribution in [-0.2, 0) is 16.1 Å². The third kappa shape index (κ3) is 3.20. The summed E-state index contributed by atoms with van der Waals surface area (Å²) >= 11 is 0. The fraction of sp³-hybridized carbons (Fsp3) is 0.412. The molecule has 2 heterocycles. The molecular weight excluding hydrogens is 278 g/mol. The van der Waals surface area contributed by atoms with Gasteiger partial charge in [-0.3, -0.25) is 4.79 Å². The summed E-state index contributed by atoms with van der Waals surface area (Å²) in [5.41, 5.74) is 2.10. The fourth-order valence-electron chi connectivity index (χ4n) is 2.89. The Kier molecular flexibility index (Phi) is 4.53. The fourth-order valence-corrected chi connectivity index (χ4v) is 2.89. The molecule has 1 aromatic carbocycles. The summed E-state index contributed by atoms with van der Waals surface area (Å²) in [7, 11) is 0. The molecule has 1 amide bonds. The van der Waals surface area contributed by atoms with Crippen molar-refractivity contribution in [1.82, 2.24) is 14.9 Å². The molecule has 1 aliphatic rings. The van der Waals surface area contributed by atoms with Crippen LogP contribution in [0.4, 0.5) is 0 Å². The van der Waals surface area contributed by atoms with Crippen LogP contribution in [0.5, 0.6) is 0 Å². The van der Waals surface area contributed by atoms with Crippen molar-refractivity contribution in [3.8, 4) is 5.69 Å². The largest absolute Gasteiger partial charge is 0.378 e.